The predicted octanol–water partition coefficient (Wildman–Crippen LogP) is 1.20. The van der Waals surface area contributed by atoms with E-state index in [0.29, 0.717) is 6.42 Å². The van der Waals surface area contributed by atoms with E-state index in [2.05, 4.69) is 5.92 Å². The lowest BCUT2D eigenvalue weighted by molar-refractivity contribution is -0.168. The third-order valence-electron chi connectivity index (χ3n) is 1.59. The van der Waals surface area contributed by atoms with E-state index in [1.807, 2.05) is 0 Å². The van der Waals surface area contributed by atoms with Gasteiger partial charge in [0.05, 0.1) is 7.11 Å². The van der Waals surface area contributed by atoms with E-state index in [0.717, 1.165) is 19.3 Å². The van der Waals surface area contributed by atoms with Crippen LogP contribution in [-0.2, 0) is 9.63 Å². The van der Waals surface area contributed by atoms with Crippen molar-refractivity contribution >= 4 is 5.91 Å². The zero-order valence-electron chi connectivity index (χ0n) is 7.67. The zero-order chi connectivity index (χ0) is 9.40. The molecule has 12 heavy (non-hydrogen) atoms. The standard InChI is InChI=1S/C9H15NO2/c1-4-5-6-7-8-9(11)10(2)12-3/h1H,5-8H2,2-3H3. The largest absolute Gasteiger partial charge is 0.275 e. The SMILES string of the molecule is C#CCCCCC(=O)N(C)OC. The molecule has 0 heterocycles. The molecule has 0 aromatic carbocycles. The number of terminal acetylenes is 1. The molecule has 1 amide bonds. The monoisotopic (exact) mass is 169 g/mol. The van der Waals surface area contributed by atoms with Crippen molar-refractivity contribution in [3.8, 4) is 12.3 Å². The molecule has 0 unspecified atom stereocenters. The molecule has 0 aromatic rings. The fourth-order valence-electron chi connectivity index (χ4n) is 0.763. The Morgan fingerprint density at radius 1 is 1.58 bits per heavy atom. The average molecular weight is 169 g/mol. The van der Waals surface area contributed by atoms with Gasteiger partial charge in [-0.05, 0) is 12.8 Å². The topological polar surface area (TPSA) is 29.5 Å². The average Bonchev–Trinajstić information content (AvgIpc) is 2.10. The Kier molecular flexibility index (Phi) is 6.12. The molecule has 0 aliphatic rings. The molecular weight excluding hydrogens is 154 g/mol. The van der Waals surface area contributed by atoms with Gasteiger partial charge >= 0.3 is 0 Å². The lowest BCUT2D eigenvalue weighted by atomic mass is 10.2. The summed E-state index contributed by atoms with van der Waals surface area (Å²) in [6, 6.07) is 0. The maximum absolute atomic E-state index is 11.1. The minimum absolute atomic E-state index is 0.00507. The quantitative estimate of drug-likeness (QED) is 0.351. The van der Waals surface area contributed by atoms with E-state index in [1.165, 1.54) is 12.2 Å². The lowest BCUT2D eigenvalue weighted by Gasteiger charge is -2.12. The van der Waals surface area contributed by atoms with Crippen LogP contribution in [0.2, 0.25) is 0 Å². The third kappa shape index (κ3) is 4.75. The Bertz CT molecular complexity index is 172. The van der Waals surface area contributed by atoms with Gasteiger partial charge in [-0.15, -0.1) is 12.3 Å². The Labute approximate surface area is 73.6 Å². The maximum Gasteiger partial charge on any atom is 0.245 e. The first-order valence-electron chi connectivity index (χ1n) is 3.96. The number of unbranched alkanes of at least 4 members (excludes halogenated alkanes) is 2. The Morgan fingerprint density at radius 2 is 2.25 bits per heavy atom. The van der Waals surface area contributed by atoms with Gasteiger partial charge in [0.15, 0.2) is 0 Å². The van der Waals surface area contributed by atoms with Crippen molar-refractivity contribution in [1.82, 2.24) is 5.06 Å². The van der Waals surface area contributed by atoms with Crippen LogP contribution in [0, 0.1) is 12.3 Å². The molecule has 0 aromatic heterocycles. The summed E-state index contributed by atoms with van der Waals surface area (Å²) in [5, 5.41) is 1.23. The number of hydrogen-bond acceptors (Lipinski definition) is 2. The first-order chi connectivity index (χ1) is 5.72. The van der Waals surface area contributed by atoms with Crippen LogP contribution in [0.3, 0.4) is 0 Å². The summed E-state index contributed by atoms with van der Waals surface area (Å²) in [7, 11) is 3.07. The van der Waals surface area contributed by atoms with Crippen LogP contribution >= 0.6 is 0 Å². The van der Waals surface area contributed by atoms with Gasteiger partial charge in [0.25, 0.3) is 0 Å². The van der Waals surface area contributed by atoms with E-state index in [4.69, 9.17) is 11.3 Å². The van der Waals surface area contributed by atoms with Crippen molar-refractivity contribution in [2.24, 2.45) is 0 Å². The fraction of sp³-hybridized carbons (Fsp3) is 0.667. The first-order valence-corrected chi connectivity index (χ1v) is 3.96. The van der Waals surface area contributed by atoms with Gasteiger partial charge in [-0.3, -0.25) is 9.63 Å². The highest BCUT2D eigenvalue weighted by atomic mass is 16.7. The Hall–Kier alpha value is -1.01. The van der Waals surface area contributed by atoms with Crippen LogP contribution in [0.1, 0.15) is 25.7 Å². The first kappa shape index (κ1) is 11.0. The molecule has 0 saturated carbocycles. The van der Waals surface area contributed by atoms with Crippen molar-refractivity contribution in [3.63, 3.8) is 0 Å². The fourth-order valence-corrected chi connectivity index (χ4v) is 0.763. The van der Waals surface area contributed by atoms with Gasteiger partial charge in [-0.1, -0.05) is 0 Å². The minimum atomic E-state index is -0.00507. The molecule has 0 spiro atoms. The van der Waals surface area contributed by atoms with Crippen LogP contribution in [-0.4, -0.2) is 25.1 Å². The second-order valence-corrected chi connectivity index (χ2v) is 2.49. The van der Waals surface area contributed by atoms with E-state index in [1.54, 1.807) is 7.05 Å². The molecule has 3 nitrogen and oxygen atoms in total. The minimum Gasteiger partial charge on any atom is -0.275 e. The van der Waals surface area contributed by atoms with Crippen LogP contribution in [0.5, 0.6) is 0 Å². The molecule has 0 bridgehead atoms. The molecule has 0 atom stereocenters. The van der Waals surface area contributed by atoms with Crippen LogP contribution in [0.15, 0.2) is 0 Å². The molecule has 68 valence electrons. The summed E-state index contributed by atoms with van der Waals surface area (Å²) in [6.07, 6.45) is 8.04. The van der Waals surface area contributed by atoms with Crippen molar-refractivity contribution in [3.05, 3.63) is 0 Å². The Balaban J connectivity index is 3.39. The second-order valence-electron chi connectivity index (χ2n) is 2.49. The van der Waals surface area contributed by atoms with E-state index < -0.39 is 0 Å². The molecular formula is C9H15NO2. The van der Waals surface area contributed by atoms with Gasteiger partial charge in [-0.2, -0.15) is 0 Å². The Morgan fingerprint density at radius 3 is 2.75 bits per heavy atom. The van der Waals surface area contributed by atoms with Crippen molar-refractivity contribution < 1.29 is 9.63 Å². The molecule has 3 heteroatoms. The number of amides is 1. The van der Waals surface area contributed by atoms with Gasteiger partial charge < -0.3 is 0 Å². The van der Waals surface area contributed by atoms with E-state index in [9.17, 15) is 4.79 Å². The third-order valence-corrected chi connectivity index (χ3v) is 1.59. The highest BCUT2D eigenvalue weighted by molar-refractivity contribution is 5.74. The summed E-state index contributed by atoms with van der Waals surface area (Å²) < 4.78 is 0. The molecule has 0 N–H and O–H groups in total. The number of hydrogen-bond donors (Lipinski definition) is 0. The molecule has 0 rings (SSSR count). The number of carbonyl (C=O) groups is 1. The number of rotatable bonds is 5. The van der Waals surface area contributed by atoms with Gasteiger partial charge in [0.1, 0.15) is 0 Å². The molecule has 0 aliphatic carbocycles. The molecule has 0 radical (unpaired) electrons. The summed E-state index contributed by atoms with van der Waals surface area (Å²) in [5.74, 6) is 2.52. The molecule has 0 fully saturated rings. The van der Waals surface area contributed by atoms with Gasteiger partial charge in [-0.25, -0.2) is 5.06 Å². The van der Waals surface area contributed by atoms with Crippen molar-refractivity contribution in [2.75, 3.05) is 14.2 Å². The van der Waals surface area contributed by atoms with Gasteiger partial charge in [0, 0.05) is 19.9 Å². The van der Waals surface area contributed by atoms with Crippen LogP contribution in [0.25, 0.3) is 0 Å². The normalized spacial score (nSPS) is 9.08. The zero-order valence-corrected chi connectivity index (χ0v) is 7.67. The molecule has 0 saturated heterocycles. The molecule has 0 aliphatic heterocycles. The highest BCUT2D eigenvalue weighted by Crippen LogP contribution is 2.01. The van der Waals surface area contributed by atoms with Crippen molar-refractivity contribution in [1.29, 1.82) is 0 Å². The van der Waals surface area contributed by atoms with Crippen LogP contribution < -0.4 is 0 Å². The van der Waals surface area contributed by atoms with E-state index in [-0.39, 0.29) is 5.91 Å². The van der Waals surface area contributed by atoms with Gasteiger partial charge in [0.2, 0.25) is 5.91 Å². The highest BCUT2D eigenvalue weighted by Gasteiger charge is 2.05. The summed E-state index contributed by atoms with van der Waals surface area (Å²) >= 11 is 0. The second kappa shape index (κ2) is 6.68. The number of carbonyl (C=O) groups excluding carboxylic acids is 1. The predicted molar refractivity (Wildman–Crippen MR) is 47.1 cm³/mol. The summed E-state index contributed by atoms with van der Waals surface area (Å²) in [6.45, 7) is 0. The van der Waals surface area contributed by atoms with E-state index >= 15 is 0 Å². The van der Waals surface area contributed by atoms with Crippen molar-refractivity contribution in [2.45, 2.75) is 25.7 Å². The number of nitrogens with zero attached hydrogens (tertiary/aromatic N) is 1. The maximum atomic E-state index is 11.1. The summed E-state index contributed by atoms with van der Waals surface area (Å²) in [4.78, 5) is 15.8. The smallest absolute Gasteiger partial charge is 0.245 e. The lowest BCUT2D eigenvalue weighted by Crippen LogP contribution is -2.24. The van der Waals surface area contributed by atoms with Crippen LogP contribution in [0.4, 0.5) is 0 Å². The number of hydroxylamine groups is 2. The summed E-state index contributed by atoms with van der Waals surface area (Å²) in [5.41, 5.74) is 0.